The number of aliphatic imine (C=N–C) groups is 1. The van der Waals surface area contributed by atoms with Gasteiger partial charge in [-0.1, -0.05) is 6.92 Å². The number of piperazine rings is 1. The second-order valence-corrected chi connectivity index (χ2v) is 11.7. The van der Waals surface area contributed by atoms with Crippen LogP contribution in [0.25, 0.3) is 0 Å². The normalized spacial score (nSPS) is 20.7. The largest absolute Gasteiger partial charge is 0.491 e. The van der Waals surface area contributed by atoms with Gasteiger partial charge in [0.25, 0.3) is 0 Å². The number of aryl methyl sites for hydroxylation is 1. The zero-order valence-electron chi connectivity index (χ0n) is 26.7. The molecule has 2 aromatic carbocycles. The van der Waals surface area contributed by atoms with E-state index in [1.54, 1.807) is 24.9 Å². The van der Waals surface area contributed by atoms with E-state index in [4.69, 9.17) is 14.2 Å². The fourth-order valence-corrected chi connectivity index (χ4v) is 5.55. The Bertz CT molecular complexity index is 1540. The van der Waals surface area contributed by atoms with Crippen LogP contribution in [0.4, 0.5) is 17.1 Å². The first-order valence-electron chi connectivity index (χ1n) is 15.9. The van der Waals surface area contributed by atoms with Crippen LogP contribution >= 0.6 is 0 Å². The number of hydrogen-bond acceptors (Lipinski definition) is 10. The monoisotopic (exact) mass is 625 g/mol. The van der Waals surface area contributed by atoms with Gasteiger partial charge in [0.15, 0.2) is 0 Å². The molecule has 2 aliphatic rings. The van der Waals surface area contributed by atoms with E-state index in [0.717, 1.165) is 55.3 Å². The number of hydrogen-bond donors (Lipinski definition) is 2. The second-order valence-electron chi connectivity index (χ2n) is 11.7. The zero-order valence-corrected chi connectivity index (χ0v) is 26.7. The van der Waals surface area contributed by atoms with Crippen LogP contribution in [-0.2, 0) is 21.8 Å². The summed E-state index contributed by atoms with van der Waals surface area (Å²) in [5, 5.41) is 12.4. The van der Waals surface area contributed by atoms with Gasteiger partial charge in [0.1, 0.15) is 31.3 Å². The quantitative estimate of drug-likeness (QED) is 0.127. The van der Waals surface area contributed by atoms with Crippen molar-refractivity contribution in [1.82, 2.24) is 30.8 Å². The predicted octanol–water partition coefficient (Wildman–Crippen LogP) is 4.21. The molecule has 4 aromatic rings. The van der Waals surface area contributed by atoms with E-state index in [1.807, 2.05) is 35.9 Å². The van der Waals surface area contributed by atoms with Crippen LogP contribution in [0.2, 0.25) is 0 Å². The van der Waals surface area contributed by atoms with Crippen molar-refractivity contribution in [2.75, 3.05) is 49.2 Å². The lowest BCUT2D eigenvalue weighted by atomic mass is 10.1. The molecule has 0 amide bonds. The Hall–Kier alpha value is -4.52. The van der Waals surface area contributed by atoms with Gasteiger partial charge in [-0.05, 0) is 80.9 Å². The summed E-state index contributed by atoms with van der Waals surface area (Å²) in [5.41, 5.74) is 11.4. The molecule has 2 fully saturated rings. The lowest BCUT2D eigenvalue weighted by molar-refractivity contribution is -0.191. The van der Waals surface area contributed by atoms with Gasteiger partial charge in [-0.3, -0.25) is 4.68 Å². The van der Waals surface area contributed by atoms with E-state index in [9.17, 15) is 0 Å². The van der Waals surface area contributed by atoms with Gasteiger partial charge in [-0.15, -0.1) is 0 Å². The highest BCUT2D eigenvalue weighted by Gasteiger charge is 2.45. The minimum atomic E-state index is -1.01. The Morgan fingerprint density at radius 2 is 1.70 bits per heavy atom. The van der Waals surface area contributed by atoms with E-state index in [-0.39, 0.29) is 6.10 Å². The van der Waals surface area contributed by atoms with E-state index in [1.165, 1.54) is 11.4 Å². The maximum absolute atomic E-state index is 6.49. The molecular weight excluding hydrogens is 582 g/mol. The highest BCUT2D eigenvalue weighted by molar-refractivity contribution is 5.62. The van der Waals surface area contributed by atoms with Gasteiger partial charge < -0.3 is 29.4 Å². The molecule has 0 aliphatic carbocycles. The summed E-state index contributed by atoms with van der Waals surface area (Å²) >= 11 is 0. The number of aromatic nitrogens is 4. The molecule has 2 saturated heterocycles. The number of rotatable bonds is 13. The fourth-order valence-electron chi connectivity index (χ4n) is 5.55. The molecule has 0 spiro atoms. The average Bonchev–Trinajstić information content (AvgIpc) is 3.72. The van der Waals surface area contributed by atoms with E-state index >= 15 is 0 Å². The van der Waals surface area contributed by atoms with E-state index < -0.39 is 5.79 Å². The summed E-state index contributed by atoms with van der Waals surface area (Å²) < 4.78 is 20.8. The molecule has 3 unspecified atom stereocenters. The van der Waals surface area contributed by atoms with Gasteiger partial charge >= 0.3 is 0 Å². The highest BCUT2D eigenvalue weighted by Crippen LogP contribution is 2.36. The van der Waals surface area contributed by atoms with Crippen LogP contribution in [0.5, 0.6) is 5.75 Å². The van der Waals surface area contributed by atoms with Crippen molar-refractivity contribution in [3.05, 3.63) is 90.5 Å². The number of ether oxygens (including phenoxy) is 3. The topological polar surface area (TPSA) is 114 Å². The molecule has 12 heteroatoms. The molecule has 3 atom stereocenters. The molecule has 46 heavy (non-hydrogen) atoms. The number of benzene rings is 2. The van der Waals surface area contributed by atoms with E-state index in [0.29, 0.717) is 25.8 Å². The van der Waals surface area contributed by atoms with Crippen molar-refractivity contribution in [3.63, 3.8) is 0 Å². The minimum Gasteiger partial charge on any atom is -0.491 e. The lowest BCUT2D eigenvalue weighted by Gasteiger charge is -2.37. The smallest absolute Gasteiger partial charge is 0.217 e. The number of nitrogens with zero attached hydrogens (tertiary/aromatic N) is 7. The Kier molecular flexibility index (Phi) is 10.1. The fraction of sp³-hybridized carbons (Fsp3) is 0.412. The average molecular weight is 626 g/mol. The van der Waals surface area contributed by atoms with Gasteiger partial charge in [0, 0.05) is 61.0 Å². The Labute approximate surface area is 270 Å². The van der Waals surface area contributed by atoms with Gasteiger partial charge in [-0.25, -0.2) is 10.4 Å². The SMILES string of the molecule is CCC(C)NNC=Nc1ccc(N2CCN(c3ccc(OCC4COC(Cn5nccc5C)(c5ccnnc5)O4)cc3)CC2)cc1. The molecule has 2 aromatic heterocycles. The van der Waals surface area contributed by atoms with Crippen LogP contribution in [0.3, 0.4) is 0 Å². The molecule has 0 bridgehead atoms. The van der Waals surface area contributed by atoms with Crippen molar-refractivity contribution < 1.29 is 14.2 Å². The third kappa shape index (κ3) is 7.64. The summed E-state index contributed by atoms with van der Waals surface area (Å²) in [4.78, 5) is 9.31. The Balaban J connectivity index is 0.976. The van der Waals surface area contributed by atoms with Crippen molar-refractivity contribution in [3.8, 4) is 5.75 Å². The molecule has 0 radical (unpaired) electrons. The van der Waals surface area contributed by atoms with Crippen LogP contribution in [0.1, 0.15) is 31.5 Å². The number of hydrazine groups is 1. The molecule has 12 nitrogen and oxygen atoms in total. The number of anilines is 2. The molecular formula is C34H43N9O3. The summed E-state index contributed by atoms with van der Waals surface area (Å²) in [7, 11) is 0. The van der Waals surface area contributed by atoms with Crippen LogP contribution in [0.15, 0.2) is 84.2 Å². The van der Waals surface area contributed by atoms with Crippen molar-refractivity contribution in [2.24, 2.45) is 4.99 Å². The number of nitrogens with one attached hydrogen (secondary N) is 2. The maximum atomic E-state index is 6.49. The molecule has 0 saturated carbocycles. The van der Waals surface area contributed by atoms with Crippen molar-refractivity contribution in [1.29, 1.82) is 0 Å². The maximum Gasteiger partial charge on any atom is 0.217 e. The minimum absolute atomic E-state index is 0.249. The highest BCUT2D eigenvalue weighted by atomic mass is 16.8. The zero-order chi connectivity index (χ0) is 31.8. The summed E-state index contributed by atoms with van der Waals surface area (Å²) in [5.74, 6) is -0.212. The molecule has 2 aliphatic heterocycles. The van der Waals surface area contributed by atoms with Crippen LogP contribution in [-0.4, -0.2) is 77.9 Å². The third-order valence-electron chi connectivity index (χ3n) is 8.52. The Morgan fingerprint density at radius 3 is 2.33 bits per heavy atom. The lowest BCUT2D eigenvalue weighted by Crippen LogP contribution is -2.46. The molecule has 4 heterocycles. The summed E-state index contributed by atoms with van der Waals surface area (Å²) in [6.45, 7) is 11.2. The van der Waals surface area contributed by atoms with Crippen LogP contribution < -0.4 is 25.4 Å². The van der Waals surface area contributed by atoms with Gasteiger partial charge in [0.2, 0.25) is 5.79 Å². The van der Waals surface area contributed by atoms with Gasteiger partial charge in [-0.2, -0.15) is 15.3 Å². The van der Waals surface area contributed by atoms with Gasteiger partial charge in [0.05, 0.1) is 24.7 Å². The first-order valence-corrected chi connectivity index (χ1v) is 15.9. The van der Waals surface area contributed by atoms with E-state index in [2.05, 4.69) is 91.2 Å². The molecule has 6 rings (SSSR count). The predicted molar refractivity (Wildman–Crippen MR) is 178 cm³/mol. The van der Waals surface area contributed by atoms with Crippen molar-refractivity contribution >= 4 is 23.4 Å². The van der Waals surface area contributed by atoms with Crippen LogP contribution in [0, 0.1) is 6.92 Å². The van der Waals surface area contributed by atoms with Crippen molar-refractivity contribution in [2.45, 2.75) is 51.7 Å². The first-order chi connectivity index (χ1) is 22.5. The summed E-state index contributed by atoms with van der Waals surface area (Å²) in [6.07, 6.45) is 7.60. The Morgan fingerprint density at radius 1 is 0.978 bits per heavy atom. The molecule has 2 N–H and O–H groups in total. The molecule has 242 valence electrons. The standard InChI is InChI=1S/C34H43N9O3/c1-4-26(2)40-38-25-35-29-5-7-30(8-6-29)41-17-19-42(20-18-41)31-9-11-32(12-10-31)44-22-33-23-45-34(46-33,28-14-15-36-37-21-28)24-43-27(3)13-16-39-43/h5-16,21,25-26,33,40H,4,17-20,22-24H2,1-3H3,(H,35,38). The third-order valence-corrected chi connectivity index (χ3v) is 8.52. The first kappa shape index (κ1) is 31.5. The second kappa shape index (κ2) is 14.7. The summed E-state index contributed by atoms with van der Waals surface area (Å²) in [6, 6.07) is 20.9.